The summed E-state index contributed by atoms with van der Waals surface area (Å²) in [6, 6.07) is 11.7. The zero-order chi connectivity index (χ0) is 17.8. The molecule has 3 rings (SSSR count). The van der Waals surface area contributed by atoms with E-state index in [2.05, 4.69) is 39.1 Å². The Kier molecular flexibility index (Phi) is 5.23. The number of hydrogen-bond acceptors (Lipinski definition) is 6. The van der Waals surface area contributed by atoms with E-state index < -0.39 is 0 Å². The molecule has 1 aromatic heterocycles. The van der Waals surface area contributed by atoms with Gasteiger partial charge in [-0.05, 0) is 53.0 Å². The van der Waals surface area contributed by atoms with Crippen molar-refractivity contribution in [1.82, 2.24) is 10.2 Å². The Hall–Kier alpha value is -2.54. The molecule has 0 aliphatic rings. The highest BCUT2D eigenvalue weighted by Crippen LogP contribution is 2.40. The van der Waals surface area contributed by atoms with Crippen LogP contribution in [0.2, 0.25) is 0 Å². The van der Waals surface area contributed by atoms with Crippen molar-refractivity contribution in [3.05, 3.63) is 52.0 Å². The fourth-order valence-corrected chi connectivity index (χ4v) is 2.92. The fourth-order valence-electron chi connectivity index (χ4n) is 2.37. The van der Waals surface area contributed by atoms with Crippen LogP contribution in [-0.4, -0.2) is 16.8 Å². The van der Waals surface area contributed by atoms with Crippen LogP contribution in [0.1, 0.15) is 18.1 Å². The number of benzene rings is 2. The fraction of sp³-hybridized carbons (Fsp3) is 0.222. The molecule has 0 fully saturated rings. The van der Waals surface area contributed by atoms with Gasteiger partial charge in [0.2, 0.25) is 5.89 Å². The smallest absolute Gasteiger partial charge is 0.313 e. The minimum Gasteiger partial charge on any atom is -0.490 e. The number of rotatable bonds is 6. The van der Waals surface area contributed by atoms with E-state index >= 15 is 0 Å². The van der Waals surface area contributed by atoms with E-state index in [-0.39, 0.29) is 6.01 Å². The molecule has 0 bridgehead atoms. The molecular weight excluding hydrogens is 386 g/mol. The van der Waals surface area contributed by atoms with Gasteiger partial charge in [0, 0.05) is 5.56 Å². The zero-order valence-electron chi connectivity index (χ0n) is 14.0. The Morgan fingerprint density at radius 3 is 2.64 bits per heavy atom. The van der Waals surface area contributed by atoms with Gasteiger partial charge in [-0.3, -0.25) is 0 Å². The second-order valence-electron chi connectivity index (χ2n) is 5.38. The number of hydrogen-bond donors (Lipinski definition) is 1. The minimum atomic E-state index is 0.0176. The predicted octanol–water partition coefficient (Wildman–Crippen LogP) is 4.37. The number of nitrogens with two attached hydrogens (primary N) is 1. The highest BCUT2D eigenvalue weighted by molar-refractivity contribution is 9.10. The summed E-state index contributed by atoms with van der Waals surface area (Å²) in [6.45, 7) is 4.91. The molecule has 0 aliphatic carbocycles. The number of aryl methyl sites for hydroxylation is 1. The molecule has 7 heteroatoms. The lowest BCUT2D eigenvalue weighted by Crippen LogP contribution is -2.02. The molecule has 0 radical (unpaired) electrons. The topological polar surface area (TPSA) is 83.4 Å². The number of aromatic nitrogens is 2. The van der Waals surface area contributed by atoms with Crippen LogP contribution < -0.4 is 15.2 Å². The second kappa shape index (κ2) is 7.57. The van der Waals surface area contributed by atoms with Crippen molar-refractivity contribution < 1.29 is 13.9 Å². The summed E-state index contributed by atoms with van der Waals surface area (Å²) < 4.78 is 17.8. The van der Waals surface area contributed by atoms with Gasteiger partial charge in [0.25, 0.3) is 0 Å². The van der Waals surface area contributed by atoms with Gasteiger partial charge < -0.3 is 19.6 Å². The van der Waals surface area contributed by atoms with Crippen LogP contribution in [0, 0.1) is 6.92 Å². The van der Waals surface area contributed by atoms with Crippen molar-refractivity contribution >= 4 is 21.9 Å². The van der Waals surface area contributed by atoms with E-state index in [0.29, 0.717) is 36.2 Å². The van der Waals surface area contributed by atoms with Gasteiger partial charge >= 0.3 is 6.01 Å². The lowest BCUT2D eigenvalue weighted by molar-refractivity contribution is 0.267. The Balaban J connectivity index is 1.91. The zero-order valence-corrected chi connectivity index (χ0v) is 15.5. The first-order valence-electron chi connectivity index (χ1n) is 7.81. The van der Waals surface area contributed by atoms with Crippen LogP contribution >= 0.6 is 15.9 Å². The molecule has 0 atom stereocenters. The third-order valence-electron chi connectivity index (χ3n) is 3.63. The Morgan fingerprint density at radius 1 is 1.16 bits per heavy atom. The van der Waals surface area contributed by atoms with Gasteiger partial charge in [0.15, 0.2) is 11.5 Å². The van der Waals surface area contributed by atoms with E-state index in [9.17, 15) is 0 Å². The molecular formula is C18H18BrN3O3. The van der Waals surface area contributed by atoms with Gasteiger partial charge in [-0.15, -0.1) is 5.10 Å². The molecule has 0 unspecified atom stereocenters. The Bertz CT molecular complexity index is 880. The van der Waals surface area contributed by atoms with Gasteiger partial charge in [-0.25, -0.2) is 0 Å². The molecule has 6 nitrogen and oxygen atoms in total. The number of anilines is 1. The average molecular weight is 404 g/mol. The predicted molar refractivity (Wildman–Crippen MR) is 98.5 cm³/mol. The number of nitrogen functional groups attached to an aromatic ring is 1. The van der Waals surface area contributed by atoms with E-state index in [1.807, 2.05) is 31.2 Å². The standard InChI is InChI=1S/C18H18BrN3O3/c1-3-23-15-9-13(17-21-22-18(20)25-17)8-14(19)16(15)24-10-12-7-5-4-6-11(12)2/h4-9H,3,10H2,1-2H3,(H2,20,22). The van der Waals surface area contributed by atoms with Crippen molar-refractivity contribution in [2.24, 2.45) is 0 Å². The number of halogens is 1. The minimum absolute atomic E-state index is 0.0176. The molecule has 2 N–H and O–H groups in total. The molecule has 0 saturated carbocycles. The summed E-state index contributed by atoms with van der Waals surface area (Å²) in [4.78, 5) is 0. The SMILES string of the molecule is CCOc1cc(-c2nnc(N)o2)cc(Br)c1OCc1ccccc1C. The van der Waals surface area contributed by atoms with E-state index in [4.69, 9.17) is 19.6 Å². The number of nitrogens with zero attached hydrogens (tertiary/aromatic N) is 2. The first-order chi connectivity index (χ1) is 12.1. The Morgan fingerprint density at radius 2 is 1.96 bits per heavy atom. The molecule has 0 aliphatic heterocycles. The molecule has 0 saturated heterocycles. The van der Waals surface area contributed by atoms with E-state index in [1.165, 1.54) is 5.56 Å². The third kappa shape index (κ3) is 3.93. The van der Waals surface area contributed by atoms with Gasteiger partial charge in [-0.2, -0.15) is 0 Å². The van der Waals surface area contributed by atoms with Crippen LogP contribution in [-0.2, 0) is 6.61 Å². The summed E-state index contributed by atoms with van der Waals surface area (Å²) in [5.74, 6) is 1.54. The molecule has 2 aromatic carbocycles. The van der Waals surface area contributed by atoms with Crippen molar-refractivity contribution in [3.8, 4) is 23.0 Å². The summed E-state index contributed by atoms with van der Waals surface area (Å²) in [7, 11) is 0. The third-order valence-corrected chi connectivity index (χ3v) is 4.22. The van der Waals surface area contributed by atoms with Crippen molar-refractivity contribution in [3.63, 3.8) is 0 Å². The summed E-state index contributed by atoms with van der Waals surface area (Å²) in [6.07, 6.45) is 0. The summed E-state index contributed by atoms with van der Waals surface area (Å²) in [5.41, 5.74) is 8.49. The molecule has 130 valence electrons. The monoisotopic (exact) mass is 403 g/mol. The van der Waals surface area contributed by atoms with Crippen LogP contribution in [0.15, 0.2) is 45.3 Å². The lowest BCUT2D eigenvalue weighted by atomic mass is 10.1. The first kappa shape index (κ1) is 17.3. The largest absolute Gasteiger partial charge is 0.490 e. The molecule has 3 aromatic rings. The van der Waals surface area contributed by atoms with E-state index in [0.717, 1.165) is 10.0 Å². The van der Waals surface area contributed by atoms with Crippen LogP contribution in [0.3, 0.4) is 0 Å². The van der Waals surface area contributed by atoms with E-state index in [1.54, 1.807) is 6.07 Å². The quantitative estimate of drug-likeness (QED) is 0.657. The maximum Gasteiger partial charge on any atom is 0.313 e. The molecule has 0 amide bonds. The average Bonchev–Trinajstić information content (AvgIpc) is 3.02. The maximum absolute atomic E-state index is 6.02. The number of ether oxygens (including phenoxy) is 2. The van der Waals surface area contributed by atoms with Crippen LogP contribution in [0.4, 0.5) is 6.01 Å². The normalized spacial score (nSPS) is 10.7. The molecule has 0 spiro atoms. The van der Waals surface area contributed by atoms with Crippen molar-refractivity contribution in [2.75, 3.05) is 12.3 Å². The van der Waals surface area contributed by atoms with Crippen LogP contribution in [0.25, 0.3) is 11.5 Å². The van der Waals surface area contributed by atoms with Crippen molar-refractivity contribution in [2.45, 2.75) is 20.5 Å². The maximum atomic E-state index is 6.02. The van der Waals surface area contributed by atoms with Gasteiger partial charge in [0.05, 0.1) is 11.1 Å². The highest BCUT2D eigenvalue weighted by atomic mass is 79.9. The van der Waals surface area contributed by atoms with Crippen LogP contribution in [0.5, 0.6) is 11.5 Å². The highest BCUT2D eigenvalue weighted by Gasteiger charge is 2.16. The lowest BCUT2D eigenvalue weighted by Gasteiger charge is -2.15. The first-order valence-corrected chi connectivity index (χ1v) is 8.60. The summed E-state index contributed by atoms with van der Waals surface area (Å²) >= 11 is 3.54. The van der Waals surface area contributed by atoms with Gasteiger partial charge in [0.1, 0.15) is 6.61 Å². The van der Waals surface area contributed by atoms with Gasteiger partial charge in [-0.1, -0.05) is 29.4 Å². The molecule has 1 heterocycles. The second-order valence-corrected chi connectivity index (χ2v) is 6.23. The molecule has 25 heavy (non-hydrogen) atoms. The van der Waals surface area contributed by atoms with Crippen molar-refractivity contribution in [1.29, 1.82) is 0 Å². The Labute approximate surface area is 154 Å². The summed E-state index contributed by atoms with van der Waals surface area (Å²) in [5, 5.41) is 7.58.